The van der Waals surface area contributed by atoms with Gasteiger partial charge >= 0.3 is 11.7 Å². The van der Waals surface area contributed by atoms with Crippen LogP contribution >= 0.6 is 15.9 Å². The lowest BCUT2D eigenvalue weighted by atomic mass is 9.72. The molecule has 0 aromatic heterocycles. The number of rotatable bonds is 14. The molecule has 0 atom stereocenters. The Kier molecular flexibility index (Phi) is 12.4. The number of nitrogens with one attached hydrogen (secondary N) is 1. The quantitative estimate of drug-likeness (QED) is 0.0612. The van der Waals surface area contributed by atoms with E-state index in [1.807, 2.05) is 13.8 Å². The monoisotopic (exact) mass is 729 g/mol. The van der Waals surface area contributed by atoms with Crippen molar-refractivity contribution in [3.63, 3.8) is 0 Å². The number of benzene rings is 3. The van der Waals surface area contributed by atoms with Gasteiger partial charge in [0.05, 0.1) is 49.6 Å². The van der Waals surface area contributed by atoms with E-state index in [0.717, 1.165) is 12.0 Å². The Labute approximate surface area is 287 Å². The van der Waals surface area contributed by atoms with Gasteiger partial charge in [0.15, 0.2) is 29.6 Å². The number of hydrazone groups is 1. The highest BCUT2D eigenvalue weighted by molar-refractivity contribution is 9.10. The number of carbonyl (C=O) groups is 2. The maximum Gasteiger partial charge on any atom is 0.343 e. The Balaban J connectivity index is 1.68. The van der Waals surface area contributed by atoms with Crippen LogP contribution in [-0.4, -0.2) is 58.1 Å². The van der Waals surface area contributed by atoms with Crippen LogP contribution in [0.3, 0.4) is 0 Å². The summed E-state index contributed by atoms with van der Waals surface area (Å²) in [5, 5.41) is 15.9. The van der Waals surface area contributed by atoms with E-state index in [-0.39, 0.29) is 50.8 Å². The molecule has 0 radical (unpaired) electrons. The van der Waals surface area contributed by atoms with E-state index in [0.29, 0.717) is 15.8 Å². The van der Waals surface area contributed by atoms with Crippen LogP contribution in [0.1, 0.15) is 62.5 Å². The Morgan fingerprint density at radius 2 is 1.50 bits per heavy atom. The number of carbonyl (C=O) groups excluding carboxylic acids is 2. The molecule has 0 spiro atoms. The molecular weight excluding hydrogens is 690 g/mol. The first-order valence-corrected chi connectivity index (χ1v) is 15.5. The summed E-state index contributed by atoms with van der Waals surface area (Å²) in [7, 11) is 5.73. The molecule has 0 aliphatic carbocycles. The highest BCUT2D eigenvalue weighted by Gasteiger charge is 2.31. The zero-order valence-electron chi connectivity index (χ0n) is 28.4. The van der Waals surface area contributed by atoms with Crippen LogP contribution in [0.15, 0.2) is 52.0 Å². The molecule has 258 valence electrons. The van der Waals surface area contributed by atoms with Crippen LogP contribution in [0.5, 0.6) is 34.5 Å². The summed E-state index contributed by atoms with van der Waals surface area (Å²) in [4.78, 5) is 36.8. The fourth-order valence-corrected chi connectivity index (χ4v) is 5.80. The van der Waals surface area contributed by atoms with E-state index in [4.69, 9.17) is 28.4 Å². The molecule has 14 heteroatoms. The summed E-state index contributed by atoms with van der Waals surface area (Å²) in [6.45, 7) is 9.87. The summed E-state index contributed by atoms with van der Waals surface area (Å²) < 4.78 is 32.8. The smallest absolute Gasteiger partial charge is 0.343 e. The van der Waals surface area contributed by atoms with Crippen molar-refractivity contribution in [2.75, 3.05) is 35.0 Å². The van der Waals surface area contributed by atoms with Gasteiger partial charge in [-0.2, -0.15) is 5.10 Å². The number of amides is 1. The maximum absolute atomic E-state index is 12.9. The fourth-order valence-electron chi connectivity index (χ4n) is 5.23. The average molecular weight is 731 g/mol. The minimum absolute atomic E-state index is 0.000565. The molecule has 3 rings (SSSR count). The second-order valence-corrected chi connectivity index (χ2v) is 13.3. The van der Waals surface area contributed by atoms with Gasteiger partial charge in [-0.05, 0) is 80.7 Å². The number of esters is 1. The lowest BCUT2D eigenvalue weighted by Crippen LogP contribution is -2.26. The van der Waals surface area contributed by atoms with Crippen molar-refractivity contribution >= 4 is 39.7 Å². The van der Waals surface area contributed by atoms with Crippen molar-refractivity contribution in [1.82, 2.24) is 5.43 Å². The van der Waals surface area contributed by atoms with Gasteiger partial charge in [-0.1, -0.05) is 34.6 Å². The highest BCUT2D eigenvalue weighted by Crippen LogP contribution is 2.43. The van der Waals surface area contributed by atoms with Gasteiger partial charge in [-0.3, -0.25) is 14.9 Å². The second-order valence-electron chi connectivity index (χ2n) is 12.5. The molecule has 0 unspecified atom stereocenters. The predicted molar refractivity (Wildman–Crippen MR) is 183 cm³/mol. The Hall–Kier alpha value is -4.85. The first-order chi connectivity index (χ1) is 22.5. The molecule has 0 aliphatic rings. The van der Waals surface area contributed by atoms with Crippen LogP contribution in [0, 0.1) is 15.5 Å². The molecule has 13 nitrogen and oxygen atoms in total. The number of ether oxygens (including phenoxy) is 6. The molecule has 1 N–H and O–H groups in total. The molecule has 3 aromatic rings. The SMILES string of the molecule is COc1cc(C=NNC(=O)COc2c(Br)cc(C(C)(C)CC(C)(C)C)cc2[N+](=O)[O-])ccc1OC(=O)c1cc(OC)c(OC)c(OC)c1. The van der Waals surface area contributed by atoms with Crippen LogP contribution in [-0.2, 0) is 10.2 Å². The molecule has 0 fully saturated rings. The fraction of sp³-hybridized carbons (Fsp3) is 0.382. The summed E-state index contributed by atoms with van der Waals surface area (Å²) in [6.07, 6.45) is 2.13. The average Bonchev–Trinajstić information content (AvgIpc) is 3.02. The summed E-state index contributed by atoms with van der Waals surface area (Å²) in [5.74, 6) is -0.148. The standard InChI is InChI=1S/C34H40BrN3O10/c1-33(2,3)19-34(4,5)22-15-23(35)30(24(16-22)38(41)42)47-18-29(39)37-36-17-20-10-11-25(26(12-20)43-6)48-32(40)21-13-27(44-7)31(46-9)28(14-21)45-8/h10-17H,18-19H2,1-9H3,(H,37,39). The van der Waals surface area contributed by atoms with Crippen LogP contribution in [0.4, 0.5) is 5.69 Å². The molecule has 0 bridgehead atoms. The lowest BCUT2D eigenvalue weighted by Gasteiger charge is -2.33. The molecule has 1 amide bonds. The number of methoxy groups -OCH3 is 4. The van der Waals surface area contributed by atoms with E-state index < -0.39 is 23.4 Å². The zero-order valence-corrected chi connectivity index (χ0v) is 30.0. The minimum atomic E-state index is -0.698. The number of hydrogen-bond acceptors (Lipinski definition) is 11. The van der Waals surface area contributed by atoms with Gasteiger partial charge in [0, 0.05) is 6.07 Å². The van der Waals surface area contributed by atoms with Crippen LogP contribution in [0.2, 0.25) is 0 Å². The van der Waals surface area contributed by atoms with E-state index in [1.165, 1.54) is 58.9 Å². The summed E-state index contributed by atoms with van der Waals surface area (Å²) in [6, 6.07) is 10.8. The first kappa shape index (κ1) is 37.6. The van der Waals surface area contributed by atoms with Crippen molar-refractivity contribution in [2.45, 2.75) is 46.5 Å². The minimum Gasteiger partial charge on any atom is -0.493 e. The normalized spacial score (nSPS) is 11.5. The zero-order chi connectivity index (χ0) is 35.8. The van der Waals surface area contributed by atoms with Crippen molar-refractivity contribution in [3.8, 4) is 34.5 Å². The molecule has 48 heavy (non-hydrogen) atoms. The molecule has 0 saturated carbocycles. The van der Waals surface area contributed by atoms with Crippen molar-refractivity contribution in [2.24, 2.45) is 10.5 Å². The van der Waals surface area contributed by atoms with Crippen molar-refractivity contribution in [1.29, 1.82) is 0 Å². The Morgan fingerprint density at radius 1 is 0.875 bits per heavy atom. The Morgan fingerprint density at radius 3 is 2.04 bits per heavy atom. The molecule has 0 aliphatic heterocycles. The van der Waals surface area contributed by atoms with E-state index in [9.17, 15) is 19.7 Å². The van der Waals surface area contributed by atoms with Gasteiger partial charge in [-0.25, -0.2) is 10.2 Å². The van der Waals surface area contributed by atoms with Gasteiger partial charge in [0.25, 0.3) is 5.91 Å². The van der Waals surface area contributed by atoms with E-state index in [1.54, 1.807) is 18.2 Å². The predicted octanol–water partition coefficient (Wildman–Crippen LogP) is 6.85. The van der Waals surface area contributed by atoms with Gasteiger partial charge < -0.3 is 28.4 Å². The molecule has 0 saturated heterocycles. The first-order valence-electron chi connectivity index (χ1n) is 14.7. The number of nitro groups is 1. The number of hydrogen-bond donors (Lipinski definition) is 1. The van der Waals surface area contributed by atoms with Crippen LogP contribution < -0.4 is 33.8 Å². The largest absolute Gasteiger partial charge is 0.493 e. The molecular formula is C34H40BrN3O10. The third-order valence-corrected chi connectivity index (χ3v) is 7.60. The molecule has 3 aromatic carbocycles. The summed E-state index contributed by atoms with van der Waals surface area (Å²) >= 11 is 3.39. The number of nitro benzene ring substituents is 1. The molecule has 0 heterocycles. The van der Waals surface area contributed by atoms with Crippen molar-refractivity contribution < 1.29 is 42.9 Å². The van der Waals surface area contributed by atoms with Crippen LogP contribution in [0.25, 0.3) is 0 Å². The summed E-state index contributed by atoms with van der Waals surface area (Å²) in [5.41, 5.74) is 3.16. The number of nitrogens with zero attached hydrogens (tertiary/aromatic N) is 2. The van der Waals surface area contributed by atoms with E-state index in [2.05, 4.69) is 47.2 Å². The second kappa shape index (κ2) is 15.8. The third-order valence-electron chi connectivity index (χ3n) is 7.02. The Bertz CT molecular complexity index is 1670. The maximum atomic E-state index is 12.9. The lowest BCUT2D eigenvalue weighted by molar-refractivity contribution is -0.386. The van der Waals surface area contributed by atoms with Gasteiger partial charge in [-0.15, -0.1) is 0 Å². The number of halogens is 1. The topological polar surface area (TPSA) is 157 Å². The van der Waals surface area contributed by atoms with Crippen molar-refractivity contribution in [3.05, 3.63) is 73.7 Å². The highest BCUT2D eigenvalue weighted by atomic mass is 79.9. The van der Waals surface area contributed by atoms with E-state index >= 15 is 0 Å². The third kappa shape index (κ3) is 9.59. The van der Waals surface area contributed by atoms with Gasteiger partial charge in [0.2, 0.25) is 11.5 Å². The van der Waals surface area contributed by atoms with Gasteiger partial charge in [0.1, 0.15) is 0 Å².